The fourth-order valence-electron chi connectivity index (χ4n) is 4.59. The van der Waals surface area contributed by atoms with Gasteiger partial charge in [0.2, 0.25) is 11.8 Å². The summed E-state index contributed by atoms with van der Waals surface area (Å²) in [5, 5.41) is 7.33. The molecule has 3 amide bonds. The molecule has 0 aromatic carbocycles. The minimum Gasteiger partial charge on any atom is -0.356 e. The highest BCUT2D eigenvalue weighted by molar-refractivity contribution is 5.96. The Balaban J connectivity index is 1.47. The van der Waals surface area contributed by atoms with E-state index in [1.165, 1.54) is 12.8 Å². The molecule has 0 radical (unpaired) electrons. The molecule has 8 nitrogen and oxygen atoms in total. The molecule has 3 heterocycles. The van der Waals surface area contributed by atoms with E-state index in [1.807, 2.05) is 18.7 Å². The van der Waals surface area contributed by atoms with Crippen LogP contribution in [0.5, 0.6) is 0 Å². The highest BCUT2D eigenvalue weighted by Crippen LogP contribution is 2.35. The van der Waals surface area contributed by atoms with Crippen molar-refractivity contribution in [2.24, 2.45) is 18.9 Å². The lowest BCUT2D eigenvalue weighted by molar-refractivity contribution is -0.139. The van der Waals surface area contributed by atoms with Crippen LogP contribution < -0.4 is 5.32 Å². The second-order valence-corrected chi connectivity index (χ2v) is 8.44. The molecule has 152 valence electrons. The Morgan fingerprint density at radius 2 is 2.07 bits per heavy atom. The van der Waals surface area contributed by atoms with E-state index >= 15 is 0 Å². The van der Waals surface area contributed by atoms with Crippen LogP contribution in [0.2, 0.25) is 0 Å². The van der Waals surface area contributed by atoms with Crippen molar-refractivity contribution in [3.8, 4) is 0 Å². The van der Waals surface area contributed by atoms with Crippen molar-refractivity contribution >= 4 is 17.7 Å². The van der Waals surface area contributed by atoms with E-state index in [2.05, 4.69) is 10.4 Å². The van der Waals surface area contributed by atoms with Crippen molar-refractivity contribution in [2.75, 3.05) is 19.6 Å². The van der Waals surface area contributed by atoms with E-state index in [9.17, 15) is 14.4 Å². The molecular formula is C20H29N5O3. The van der Waals surface area contributed by atoms with Gasteiger partial charge in [-0.25, -0.2) is 0 Å². The average molecular weight is 387 g/mol. The molecule has 0 spiro atoms. The standard InChI is InChI=1S/C20H29N5O3/c1-4-17-15(19(27)21-9-13-5-6-13)8-14-10-24(11-18(26)25(14)17)20(28)16-7-12(2)23(3)22-16/h7,13-15,17H,4-6,8-11H2,1-3H3,(H,21,27)/t14-,15-,17-/m0/s1. The van der Waals surface area contributed by atoms with Crippen molar-refractivity contribution in [1.82, 2.24) is 24.9 Å². The van der Waals surface area contributed by atoms with Gasteiger partial charge in [0.15, 0.2) is 5.69 Å². The van der Waals surface area contributed by atoms with Gasteiger partial charge in [-0.15, -0.1) is 0 Å². The van der Waals surface area contributed by atoms with Gasteiger partial charge < -0.3 is 15.1 Å². The van der Waals surface area contributed by atoms with Crippen molar-refractivity contribution in [2.45, 2.75) is 51.6 Å². The maximum atomic E-state index is 12.9. The topological polar surface area (TPSA) is 87.5 Å². The van der Waals surface area contributed by atoms with Gasteiger partial charge in [0.25, 0.3) is 5.91 Å². The first kappa shape index (κ1) is 19.0. The summed E-state index contributed by atoms with van der Waals surface area (Å²) >= 11 is 0. The first-order valence-corrected chi connectivity index (χ1v) is 10.3. The molecule has 0 unspecified atom stereocenters. The Labute approximate surface area is 165 Å². The number of amides is 3. The van der Waals surface area contributed by atoms with Gasteiger partial charge in [0.1, 0.15) is 6.54 Å². The maximum absolute atomic E-state index is 12.9. The fraction of sp³-hybridized carbons (Fsp3) is 0.700. The summed E-state index contributed by atoms with van der Waals surface area (Å²) in [6.07, 6.45) is 3.75. The number of carbonyl (C=O) groups is 3. The highest BCUT2D eigenvalue weighted by Gasteiger charge is 2.49. The van der Waals surface area contributed by atoms with Gasteiger partial charge in [-0.05, 0) is 44.6 Å². The molecule has 1 saturated carbocycles. The number of carbonyl (C=O) groups excluding carboxylic acids is 3. The minimum atomic E-state index is -0.216. The summed E-state index contributed by atoms with van der Waals surface area (Å²) in [5.41, 5.74) is 1.26. The Morgan fingerprint density at radius 3 is 2.68 bits per heavy atom. The van der Waals surface area contributed by atoms with Gasteiger partial charge in [0, 0.05) is 31.9 Å². The highest BCUT2D eigenvalue weighted by atomic mass is 16.2. The quantitative estimate of drug-likeness (QED) is 0.806. The Hall–Kier alpha value is -2.38. The first-order valence-electron chi connectivity index (χ1n) is 10.3. The smallest absolute Gasteiger partial charge is 0.274 e. The van der Waals surface area contributed by atoms with Crippen LogP contribution in [-0.4, -0.2) is 69.0 Å². The van der Waals surface area contributed by atoms with Crippen molar-refractivity contribution in [1.29, 1.82) is 0 Å². The van der Waals surface area contributed by atoms with E-state index in [-0.39, 0.29) is 42.3 Å². The zero-order valence-corrected chi connectivity index (χ0v) is 16.9. The summed E-state index contributed by atoms with van der Waals surface area (Å²) in [7, 11) is 1.79. The third kappa shape index (κ3) is 3.40. The van der Waals surface area contributed by atoms with Gasteiger partial charge in [0.05, 0.1) is 12.0 Å². The van der Waals surface area contributed by atoms with Gasteiger partial charge in [-0.1, -0.05) is 6.92 Å². The molecule has 0 bridgehead atoms. The lowest BCUT2D eigenvalue weighted by atomic mass is 9.96. The molecule has 2 saturated heterocycles. The van der Waals surface area contributed by atoms with Gasteiger partial charge in [-0.3, -0.25) is 19.1 Å². The average Bonchev–Trinajstić information content (AvgIpc) is 3.33. The summed E-state index contributed by atoms with van der Waals surface area (Å²) in [6, 6.07) is 1.57. The van der Waals surface area contributed by atoms with Crippen molar-refractivity contribution < 1.29 is 14.4 Å². The van der Waals surface area contributed by atoms with Crippen LogP contribution in [0.1, 0.15) is 48.8 Å². The molecule has 8 heteroatoms. The Morgan fingerprint density at radius 1 is 1.32 bits per heavy atom. The van der Waals surface area contributed by atoms with E-state index in [1.54, 1.807) is 22.7 Å². The molecule has 28 heavy (non-hydrogen) atoms. The maximum Gasteiger partial charge on any atom is 0.274 e. The predicted molar refractivity (Wildman–Crippen MR) is 102 cm³/mol. The lowest BCUT2D eigenvalue weighted by Gasteiger charge is -2.39. The van der Waals surface area contributed by atoms with Crippen LogP contribution >= 0.6 is 0 Å². The molecule has 3 fully saturated rings. The van der Waals surface area contributed by atoms with Crippen LogP contribution in [0.4, 0.5) is 0 Å². The molecule has 1 aliphatic carbocycles. The summed E-state index contributed by atoms with van der Waals surface area (Å²) < 4.78 is 1.66. The van der Waals surface area contributed by atoms with E-state index in [0.717, 1.165) is 18.7 Å². The van der Waals surface area contributed by atoms with Crippen LogP contribution in [0.3, 0.4) is 0 Å². The summed E-state index contributed by atoms with van der Waals surface area (Å²) in [4.78, 5) is 41.9. The molecule has 2 aliphatic heterocycles. The monoisotopic (exact) mass is 387 g/mol. The molecule has 4 rings (SSSR count). The van der Waals surface area contributed by atoms with E-state index < -0.39 is 0 Å². The number of hydrogen-bond acceptors (Lipinski definition) is 4. The molecule has 1 N–H and O–H groups in total. The van der Waals surface area contributed by atoms with E-state index in [4.69, 9.17) is 0 Å². The lowest BCUT2D eigenvalue weighted by Crippen LogP contribution is -2.57. The number of piperazine rings is 1. The number of nitrogens with zero attached hydrogens (tertiary/aromatic N) is 4. The third-order valence-corrected chi connectivity index (χ3v) is 6.42. The Bertz CT molecular complexity index is 780. The van der Waals surface area contributed by atoms with Crippen LogP contribution in [0.25, 0.3) is 0 Å². The molecular weight excluding hydrogens is 358 g/mol. The SMILES string of the molecule is CC[C@H]1[C@@H](C(=O)NCC2CC2)C[C@H]2CN(C(=O)c3cc(C)n(C)n3)CC(=O)N21. The summed E-state index contributed by atoms with van der Waals surface area (Å²) in [5.74, 6) is 0.210. The molecule has 1 aromatic rings. The number of aromatic nitrogens is 2. The normalized spacial score (nSPS) is 27.1. The molecule has 1 aromatic heterocycles. The van der Waals surface area contributed by atoms with Gasteiger partial charge >= 0.3 is 0 Å². The predicted octanol–water partition coefficient (Wildman–Crippen LogP) is 0.706. The number of nitrogens with one attached hydrogen (secondary N) is 1. The van der Waals surface area contributed by atoms with E-state index in [0.29, 0.717) is 24.6 Å². The number of aryl methyl sites for hydroxylation is 2. The second-order valence-electron chi connectivity index (χ2n) is 8.44. The number of fused-ring (bicyclic) bond motifs is 1. The fourth-order valence-corrected chi connectivity index (χ4v) is 4.59. The first-order chi connectivity index (χ1) is 13.4. The zero-order valence-electron chi connectivity index (χ0n) is 16.9. The zero-order chi connectivity index (χ0) is 20.0. The minimum absolute atomic E-state index is 0.0534. The number of hydrogen-bond donors (Lipinski definition) is 1. The van der Waals surface area contributed by atoms with Crippen LogP contribution in [0.15, 0.2) is 6.07 Å². The van der Waals surface area contributed by atoms with Crippen molar-refractivity contribution in [3.63, 3.8) is 0 Å². The number of rotatable bonds is 5. The third-order valence-electron chi connectivity index (χ3n) is 6.42. The van der Waals surface area contributed by atoms with Crippen LogP contribution in [0, 0.1) is 18.8 Å². The largest absolute Gasteiger partial charge is 0.356 e. The molecule has 3 aliphatic rings. The van der Waals surface area contributed by atoms with Crippen LogP contribution in [-0.2, 0) is 16.6 Å². The Kier molecular flexibility index (Phi) is 4.89. The summed E-state index contributed by atoms with van der Waals surface area (Å²) in [6.45, 7) is 5.17. The van der Waals surface area contributed by atoms with Gasteiger partial charge in [-0.2, -0.15) is 5.10 Å². The molecule has 3 atom stereocenters. The second kappa shape index (κ2) is 7.22. The van der Waals surface area contributed by atoms with Crippen molar-refractivity contribution in [3.05, 3.63) is 17.5 Å².